The van der Waals surface area contributed by atoms with Crippen LogP contribution < -0.4 is 9.64 Å². The van der Waals surface area contributed by atoms with Gasteiger partial charge in [0, 0.05) is 24.7 Å². The Morgan fingerprint density at radius 3 is 2.28 bits per heavy atom. The Bertz CT molecular complexity index is 1050. The van der Waals surface area contributed by atoms with E-state index in [9.17, 15) is 9.59 Å². The number of anilines is 1. The zero-order valence-electron chi connectivity index (χ0n) is 16.6. The van der Waals surface area contributed by atoms with Gasteiger partial charge in [0.2, 0.25) is 5.91 Å². The lowest BCUT2D eigenvalue weighted by Gasteiger charge is -2.23. The normalized spacial score (nSPS) is 17.9. The molecule has 3 aromatic rings. The number of carbonyl (C=O) groups excluding carboxylic acids is 2. The second kappa shape index (κ2) is 7.55. The summed E-state index contributed by atoms with van der Waals surface area (Å²) in [6.45, 7) is 1.92. The van der Waals surface area contributed by atoms with Crippen molar-refractivity contribution in [2.45, 2.75) is 25.2 Å². The average molecular weight is 385 g/mol. The van der Waals surface area contributed by atoms with Gasteiger partial charge in [-0.1, -0.05) is 48.5 Å². The van der Waals surface area contributed by atoms with Crippen molar-refractivity contribution >= 4 is 17.4 Å². The van der Waals surface area contributed by atoms with E-state index in [1.807, 2.05) is 85.8 Å². The number of ketones is 1. The Hall–Kier alpha value is -3.40. The number of Topliss-reactive ketones (excluding diaryl/α,β-unsaturated/α-hetero) is 1. The average Bonchev–Trinajstić information content (AvgIpc) is 2.95. The number of benzene rings is 3. The summed E-state index contributed by atoms with van der Waals surface area (Å²) in [7, 11) is 1.78. The van der Waals surface area contributed by atoms with Crippen LogP contribution in [0.5, 0.6) is 11.5 Å². The van der Waals surface area contributed by atoms with Gasteiger partial charge < -0.3 is 9.64 Å². The molecular weight excluding hydrogens is 362 g/mol. The first kappa shape index (κ1) is 18.9. The van der Waals surface area contributed by atoms with Gasteiger partial charge in [-0.2, -0.15) is 0 Å². The van der Waals surface area contributed by atoms with Crippen molar-refractivity contribution in [1.29, 1.82) is 0 Å². The summed E-state index contributed by atoms with van der Waals surface area (Å²) in [6, 6.07) is 24.5. The Labute approximate surface area is 170 Å². The van der Waals surface area contributed by atoms with E-state index in [-0.39, 0.29) is 11.7 Å². The van der Waals surface area contributed by atoms with Gasteiger partial charge in [0.25, 0.3) is 0 Å². The maximum absolute atomic E-state index is 13.1. The van der Waals surface area contributed by atoms with E-state index in [0.29, 0.717) is 24.2 Å². The summed E-state index contributed by atoms with van der Waals surface area (Å²) in [6.07, 6.45) is 0.759. The molecule has 0 saturated carbocycles. The van der Waals surface area contributed by atoms with Crippen LogP contribution in [0.15, 0.2) is 78.9 Å². The monoisotopic (exact) mass is 385 g/mol. The summed E-state index contributed by atoms with van der Waals surface area (Å²) in [4.78, 5) is 27.4. The molecule has 1 amide bonds. The highest BCUT2D eigenvalue weighted by atomic mass is 16.5. The Balaban J connectivity index is 1.60. The first-order valence-electron chi connectivity index (χ1n) is 9.73. The Morgan fingerprint density at radius 1 is 0.931 bits per heavy atom. The number of nitrogens with zero attached hydrogens (tertiary/aromatic N) is 1. The van der Waals surface area contributed by atoms with Crippen molar-refractivity contribution in [2.24, 2.45) is 0 Å². The minimum Gasteiger partial charge on any atom is -0.457 e. The van der Waals surface area contributed by atoms with Crippen molar-refractivity contribution in [2.75, 3.05) is 11.9 Å². The Kier molecular flexibility index (Phi) is 4.93. The van der Waals surface area contributed by atoms with Crippen molar-refractivity contribution in [3.63, 3.8) is 0 Å². The predicted octanol–water partition coefficient (Wildman–Crippen LogP) is 5.38. The van der Waals surface area contributed by atoms with Gasteiger partial charge >= 0.3 is 0 Å². The van der Waals surface area contributed by atoms with E-state index in [0.717, 1.165) is 17.0 Å². The van der Waals surface area contributed by atoms with Crippen LogP contribution in [0, 0.1) is 0 Å². The number of ether oxygens (including phenoxy) is 1. The first-order chi connectivity index (χ1) is 14.0. The summed E-state index contributed by atoms with van der Waals surface area (Å²) in [5, 5.41) is 0. The van der Waals surface area contributed by atoms with Gasteiger partial charge in [0.05, 0.1) is 5.41 Å². The van der Waals surface area contributed by atoms with Gasteiger partial charge in [0.1, 0.15) is 11.5 Å². The predicted molar refractivity (Wildman–Crippen MR) is 114 cm³/mol. The van der Waals surface area contributed by atoms with Gasteiger partial charge in [-0.25, -0.2) is 0 Å². The molecule has 0 spiro atoms. The second-order valence-corrected chi connectivity index (χ2v) is 7.58. The summed E-state index contributed by atoms with van der Waals surface area (Å²) in [5.41, 5.74) is 1.69. The van der Waals surface area contributed by atoms with Crippen LogP contribution in [0.3, 0.4) is 0 Å². The molecule has 146 valence electrons. The van der Waals surface area contributed by atoms with Crippen molar-refractivity contribution in [3.8, 4) is 11.5 Å². The highest BCUT2D eigenvalue weighted by molar-refractivity contribution is 6.08. The molecule has 0 radical (unpaired) electrons. The number of para-hydroxylation sites is 1. The number of amides is 1. The molecule has 0 aliphatic carbocycles. The zero-order chi connectivity index (χ0) is 20.4. The number of hydrogen-bond donors (Lipinski definition) is 0. The Morgan fingerprint density at radius 2 is 1.59 bits per heavy atom. The lowest BCUT2D eigenvalue weighted by molar-refractivity contribution is -0.122. The van der Waals surface area contributed by atoms with E-state index in [2.05, 4.69) is 0 Å². The second-order valence-electron chi connectivity index (χ2n) is 7.58. The topological polar surface area (TPSA) is 46.6 Å². The maximum Gasteiger partial charge on any atom is 0.237 e. The standard InChI is InChI=1S/C25H23NO3/c1-25(16-15-23(27)18-9-5-3-6-10-18)21-17-20(29-19-11-7-4-8-12-19)13-14-22(21)26(2)24(25)28/h3-14,17H,15-16H2,1-2H3. The molecule has 29 heavy (non-hydrogen) atoms. The van der Waals surface area contributed by atoms with Crippen LogP contribution >= 0.6 is 0 Å². The third kappa shape index (κ3) is 3.54. The van der Waals surface area contributed by atoms with Crippen LogP contribution in [0.2, 0.25) is 0 Å². The van der Waals surface area contributed by atoms with Gasteiger partial charge in [-0.15, -0.1) is 0 Å². The van der Waals surface area contributed by atoms with E-state index < -0.39 is 5.41 Å². The molecular formula is C25H23NO3. The minimum atomic E-state index is -0.759. The maximum atomic E-state index is 13.1. The fraction of sp³-hybridized carbons (Fsp3) is 0.200. The van der Waals surface area contributed by atoms with E-state index in [4.69, 9.17) is 4.74 Å². The molecule has 1 heterocycles. The summed E-state index contributed by atoms with van der Waals surface area (Å²) in [5.74, 6) is 1.47. The molecule has 4 nitrogen and oxygen atoms in total. The smallest absolute Gasteiger partial charge is 0.237 e. The van der Waals surface area contributed by atoms with Crippen LogP contribution in [-0.2, 0) is 10.2 Å². The zero-order valence-corrected chi connectivity index (χ0v) is 16.6. The van der Waals surface area contributed by atoms with Crippen LogP contribution in [0.4, 0.5) is 5.69 Å². The summed E-state index contributed by atoms with van der Waals surface area (Å²) >= 11 is 0. The molecule has 0 bridgehead atoms. The fourth-order valence-electron chi connectivity index (χ4n) is 3.91. The molecule has 1 atom stereocenters. The number of rotatable bonds is 6. The molecule has 0 N–H and O–H groups in total. The molecule has 0 fully saturated rings. The van der Waals surface area contributed by atoms with Crippen molar-refractivity contribution in [1.82, 2.24) is 0 Å². The third-order valence-electron chi connectivity index (χ3n) is 5.63. The van der Waals surface area contributed by atoms with E-state index >= 15 is 0 Å². The van der Waals surface area contributed by atoms with Crippen LogP contribution in [0.25, 0.3) is 0 Å². The number of likely N-dealkylation sites (N-methyl/N-ethyl adjacent to an activating group) is 1. The van der Waals surface area contributed by atoms with Crippen LogP contribution in [-0.4, -0.2) is 18.7 Å². The minimum absolute atomic E-state index is 0.00484. The molecule has 3 aromatic carbocycles. The van der Waals surface area contributed by atoms with Gasteiger partial charge in [-0.05, 0) is 49.2 Å². The third-order valence-corrected chi connectivity index (χ3v) is 5.63. The first-order valence-corrected chi connectivity index (χ1v) is 9.73. The molecule has 0 saturated heterocycles. The number of fused-ring (bicyclic) bond motifs is 1. The van der Waals surface area contributed by atoms with Crippen LogP contribution in [0.1, 0.15) is 35.7 Å². The van der Waals surface area contributed by atoms with Crippen molar-refractivity contribution < 1.29 is 14.3 Å². The largest absolute Gasteiger partial charge is 0.457 e. The SMILES string of the molecule is CN1C(=O)C(C)(CCC(=O)c2ccccc2)c2cc(Oc3ccccc3)ccc21. The van der Waals surface area contributed by atoms with E-state index in [1.54, 1.807) is 11.9 Å². The van der Waals surface area contributed by atoms with E-state index in [1.165, 1.54) is 0 Å². The molecule has 1 aliphatic rings. The molecule has 1 unspecified atom stereocenters. The highest BCUT2D eigenvalue weighted by Crippen LogP contribution is 2.45. The fourth-order valence-corrected chi connectivity index (χ4v) is 3.91. The molecule has 0 aromatic heterocycles. The van der Waals surface area contributed by atoms with Gasteiger partial charge in [0.15, 0.2) is 5.78 Å². The van der Waals surface area contributed by atoms with Crippen molar-refractivity contribution in [3.05, 3.63) is 90.0 Å². The molecule has 4 heteroatoms. The molecule has 1 aliphatic heterocycles. The molecule has 4 rings (SSSR count). The quantitative estimate of drug-likeness (QED) is 0.536. The van der Waals surface area contributed by atoms with Gasteiger partial charge in [-0.3, -0.25) is 9.59 Å². The number of carbonyl (C=O) groups is 2. The number of hydrogen-bond acceptors (Lipinski definition) is 3. The summed E-state index contributed by atoms with van der Waals surface area (Å²) < 4.78 is 5.97. The lowest BCUT2D eigenvalue weighted by atomic mass is 9.78. The lowest BCUT2D eigenvalue weighted by Crippen LogP contribution is -2.36. The highest BCUT2D eigenvalue weighted by Gasteiger charge is 2.46.